The lowest BCUT2D eigenvalue weighted by molar-refractivity contribution is 0.367. The number of benzene rings is 3. The number of anilines is 1. The number of aromatic hydroxyl groups is 1. The maximum atomic E-state index is 10.4. The Kier molecular flexibility index (Phi) is 5.51. The van der Waals surface area contributed by atoms with Gasteiger partial charge in [0.25, 0.3) is 0 Å². The molecule has 0 spiro atoms. The maximum absolute atomic E-state index is 10.4. The van der Waals surface area contributed by atoms with E-state index >= 15 is 0 Å². The first-order valence-corrected chi connectivity index (χ1v) is 13.5. The molecule has 1 aromatic heterocycles. The van der Waals surface area contributed by atoms with Gasteiger partial charge in [0.2, 0.25) is 0 Å². The molecule has 184 valence electrons. The quantitative estimate of drug-likeness (QED) is 0.396. The molecule has 3 saturated heterocycles. The van der Waals surface area contributed by atoms with Crippen LogP contribution in [0.2, 0.25) is 0 Å². The maximum Gasteiger partial charge on any atom is 0.140 e. The van der Waals surface area contributed by atoms with E-state index in [4.69, 9.17) is 9.97 Å². The molecule has 3 fully saturated rings. The molecule has 6 nitrogen and oxygen atoms in total. The number of piperidine rings is 1. The largest absolute Gasteiger partial charge is 0.508 e. The molecule has 6 heteroatoms. The predicted octanol–water partition coefficient (Wildman–Crippen LogP) is 4.64. The molecule has 2 atom stereocenters. The molecule has 7 rings (SSSR count). The van der Waals surface area contributed by atoms with Crippen LogP contribution in [0.1, 0.15) is 31.5 Å². The van der Waals surface area contributed by atoms with Crippen molar-refractivity contribution >= 4 is 27.5 Å². The van der Waals surface area contributed by atoms with Gasteiger partial charge in [-0.05, 0) is 90.9 Å². The van der Waals surface area contributed by atoms with E-state index in [2.05, 4.69) is 51.9 Å². The van der Waals surface area contributed by atoms with Crippen molar-refractivity contribution in [3.8, 4) is 16.9 Å². The zero-order valence-electron chi connectivity index (χ0n) is 20.6. The summed E-state index contributed by atoms with van der Waals surface area (Å²) >= 11 is 0. The third kappa shape index (κ3) is 3.89. The van der Waals surface area contributed by atoms with Gasteiger partial charge in [0.05, 0.1) is 5.52 Å². The Morgan fingerprint density at radius 1 is 0.833 bits per heavy atom. The second-order valence-electron chi connectivity index (χ2n) is 10.8. The van der Waals surface area contributed by atoms with Crippen LogP contribution in [0.25, 0.3) is 32.8 Å². The molecule has 3 aliphatic heterocycles. The van der Waals surface area contributed by atoms with Crippen molar-refractivity contribution in [1.29, 1.82) is 0 Å². The van der Waals surface area contributed by atoms with Gasteiger partial charge in [0.15, 0.2) is 0 Å². The fraction of sp³-hybridized carbons (Fsp3) is 0.400. The van der Waals surface area contributed by atoms with Crippen LogP contribution in [0.3, 0.4) is 0 Å². The number of piperazine rings is 1. The second-order valence-corrected chi connectivity index (χ2v) is 10.8. The summed E-state index contributed by atoms with van der Waals surface area (Å²) in [5.74, 6) is 3.01. The highest BCUT2D eigenvalue weighted by molar-refractivity contribution is 6.00. The Morgan fingerprint density at radius 3 is 2.47 bits per heavy atom. The van der Waals surface area contributed by atoms with Gasteiger partial charge in [-0.1, -0.05) is 30.3 Å². The van der Waals surface area contributed by atoms with Crippen molar-refractivity contribution in [3.05, 3.63) is 60.4 Å². The summed E-state index contributed by atoms with van der Waals surface area (Å²) in [6, 6.07) is 19.5. The Bertz CT molecular complexity index is 1410. The van der Waals surface area contributed by atoms with Crippen LogP contribution in [-0.4, -0.2) is 53.3 Å². The van der Waals surface area contributed by atoms with E-state index < -0.39 is 0 Å². The van der Waals surface area contributed by atoms with E-state index in [-0.39, 0.29) is 5.75 Å². The lowest BCUT2D eigenvalue weighted by Gasteiger charge is -2.37. The monoisotopic (exact) mass is 479 g/mol. The van der Waals surface area contributed by atoms with Gasteiger partial charge in [-0.3, -0.25) is 0 Å². The SMILES string of the molecule is Oc1cc(-c2ccc3c(N4C5CCC4CNC5)nc(CC4CCNCC4)nc3c2)c2ccccc2c1. The molecule has 4 aromatic rings. The number of fused-ring (bicyclic) bond motifs is 4. The smallest absolute Gasteiger partial charge is 0.140 e. The number of aromatic nitrogens is 2. The van der Waals surface area contributed by atoms with Crippen molar-refractivity contribution in [2.75, 3.05) is 31.1 Å². The molecule has 3 aliphatic rings. The van der Waals surface area contributed by atoms with Gasteiger partial charge in [0, 0.05) is 37.0 Å². The summed E-state index contributed by atoms with van der Waals surface area (Å²) in [5, 5.41) is 20.9. The molecule has 3 N–H and O–H groups in total. The van der Waals surface area contributed by atoms with Crippen molar-refractivity contribution < 1.29 is 5.11 Å². The van der Waals surface area contributed by atoms with Crippen LogP contribution in [0, 0.1) is 5.92 Å². The van der Waals surface area contributed by atoms with Gasteiger partial charge in [0.1, 0.15) is 17.4 Å². The summed E-state index contributed by atoms with van der Waals surface area (Å²) in [6.45, 7) is 4.22. The summed E-state index contributed by atoms with van der Waals surface area (Å²) in [4.78, 5) is 13.0. The minimum Gasteiger partial charge on any atom is -0.508 e. The molecule has 36 heavy (non-hydrogen) atoms. The van der Waals surface area contributed by atoms with Crippen LogP contribution in [0.5, 0.6) is 5.75 Å². The highest BCUT2D eigenvalue weighted by atomic mass is 16.3. The van der Waals surface area contributed by atoms with E-state index in [1.165, 1.54) is 25.7 Å². The van der Waals surface area contributed by atoms with E-state index in [1.54, 1.807) is 0 Å². The minimum absolute atomic E-state index is 0.288. The third-order valence-electron chi connectivity index (χ3n) is 8.44. The lowest BCUT2D eigenvalue weighted by atomic mass is 9.94. The van der Waals surface area contributed by atoms with Crippen LogP contribution in [0.15, 0.2) is 54.6 Å². The number of hydrogen-bond donors (Lipinski definition) is 3. The Morgan fingerprint density at radius 2 is 1.64 bits per heavy atom. The Hall–Kier alpha value is -3.22. The van der Waals surface area contributed by atoms with Gasteiger partial charge in [-0.2, -0.15) is 0 Å². The van der Waals surface area contributed by atoms with Crippen molar-refractivity contribution in [3.63, 3.8) is 0 Å². The Labute approximate surface area is 211 Å². The van der Waals surface area contributed by atoms with Gasteiger partial charge >= 0.3 is 0 Å². The van der Waals surface area contributed by atoms with E-state index in [0.717, 1.165) is 77.0 Å². The molecule has 0 amide bonds. The first-order valence-electron chi connectivity index (χ1n) is 13.5. The number of rotatable bonds is 4. The standard InChI is InChI=1S/C30H33N5O/c36-24-14-20-3-1-2-4-25(20)27(16-24)21-5-8-26-28(15-21)33-29(13-19-9-11-31-12-10-19)34-30(26)35-22-6-7-23(35)18-32-17-22/h1-5,8,14-16,19,22-23,31-32,36H,6-7,9-13,17-18H2. The number of nitrogens with one attached hydrogen (secondary N) is 2. The third-order valence-corrected chi connectivity index (χ3v) is 8.44. The summed E-state index contributed by atoms with van der Waals surface area (Å²) in [6.07, 6.45) is 5.75. The second kappa shape index (κ2) is 9.02. The van der Waals surface area contributed by atoms with Crippen LogP contribution < -0.4 is 15.5 Å². The minimum atomic E-state index is 0.288. The molecule has 0 aliphatic carbocycles. The summed E-state index contributed by atoms with van der Waals surface area (Å²) < 4.78 is 0. The molecular weight excluding hydrogens is 446 g/mol. The fourth-order valence-electron chi connectivity index (χ4n) is 6.62. The number of nitrogens with zero attached hydrogens (tertiary/aromatic N) is 3. The topological polar surface area (TPSA) is 73.3 Å². The van der Waals surface area contributed by atoms with E-state index in [9.17, 15) is 5.11 Å². The summed E-state index contributed by atoms with van der Waals surface area (Å²) in [7, 11) is 0. The van der Waals surface area contributed by atoms with Crippen molar-refractivity contribution in [2.24, 2.45) is 5.92 Å². The number of phenols is 1. The molecule has 2 unspecified atom stereocenters. The van der Waals surface area contributed by atoms with Gasteiger partial charge < -0.3 is 20.6 Å². The lowest BCUT2D eigenvalue weighted by Crippen LogP contribution is -2.52. The van der Waals surface area contributed by atoms with E-state index in [1.807, 2.05) is 18.2 Å². The number of hydrogen-bond acceptors (Lipinski definition) is 6. The van der Waals surface area contributed by atoms with Gasteiger partial charge in [-0.25, -0.2) is 9.97 Å². The van der Waals surface area contributed by atoms with Gasteiger partial charge in [-0.15, -0.1) is 0 Å². The van der Waals surface area contributed by atoms with Crippen molar-refractivity contribution in [1.82, 2.24) is 20.6 Å². The molecule has 0 radical (unpaired) electrons. The first-order chi connectivity index (χ1) is 17.7. The molecule has 0 saturated carbocycles. The number of phenolic OH excluding ortho intramolecular Hbond substituents is 1. The molecular formula is C30H33N5O. The molecule has 3 aromatic carbocycles. The van der Waals surface area contributed by atoms with Crippen LogP contribution in [0.4, 0.5) is 5.82 Å². The first kappa shape index (κ1) is 22.0. The molecule has 2 bridgehead atoms. The highest BCUT2D eigenvalue weighted by Gasteiger charge is 2.38. The Balaban J connectivity index is 1.37. The predicted molar refractivity (Wildman–Crippen MR) is 146 cm³/mol. The van der Waals surface area contributed by atoms with E-state index in [0.29, 0.717) is 18.0 Å². The average Bonchev–Trinajstić information content (AvgIpc) is 3.15. The zero-order chi connectivity index (χ0) is 24.1. The summed E-state index contributed by atoms with van der Waals surface area (Å²) in [5.41, 5.74) is 3.12. The fourth-order valence-corrected chi connectivity index (χ4v) is 6.62. The normalized spacial score (nSPS) is 22.5. The molecule has 4 heterocycles. The zero-order valence-corrected chi connectivity index (χ0v) is 20.6. The highest BCUT2D eigenvalue weighted by Crippen LogP contribution is 2.38. The average molecular weight is 480 g/mol. The van der Waals surface area contributed by atoms with Crippen LogP contribution >= 0.6 is 0 Å². The van der Waals surface area contributed by atoms with Crippen molar-refractivity contribution in [2.45, 2.75) is 44.2 Å². The van der Waals surface area contributed by atoms with Crippen LogP contribution in [-0.2, 0) is 6.42 Å².